The van der Waals surface area contributed by atoms with E-state index in [2.05, 4.69) is 15.0 Å². The van der Waals surface area contributed by atoms with Gasteiger partial charge in [-0.05, 0) is 50.1 Å². The Bertz CT molecular complexity index is 954. The molecule has 2 atom stereocenters. The number of aliphatic imine (C=N–C) groups is 1. The van der Waals surface area contributed by atoms with E-state index in [1.165, 1.54) is 18.0 Å². The van der Waals surface area contributed by atoms with Gasteiger partial charge in [0.25, 0.3) is 0 Å². The second-order valence-electron chi connectivity index (χ2n) is 7.02. The maximum absolute atomic E-state index is 12.6. The summed E-state index contributed by atoms with van der Waals surface area (Å²) in [5.41, 5.74) is 7.88. The highest BCUT2D eigenvalue weighted by Crippen LogP contribution is 2.38. The van der Waals surface area contributed by atoms with Gasteiger partial charge in [-0.3, -0.25) is 14.8 Å². The number of nitrogens with zero attached hydrogens (tertiary/aromatic N) is 4. The Hall–Kier alpha value is -2.76. The van der Waals surface area contributed by atoms with Crippen LogP contribution in [0.5, 0.6) is 0 Å². The molecule has 29 heavy (non-hydrogen) atoms. The summed E-state index contributed by atoms with van der Waals surface area (Å²) in [5, 5.41) is 9.58. The van der Waals surface area contributed by atoms with Crippen LogP contribution in [-0.4, -0.2) is 39.4 Å². The second kappa shape index (κ2) is 9.16. The molecule has 0 aliphatic carbocycles. The molecular formula is C21H23N5O2S. The molecule has 0 saturated carbocycles. The van der Waals surface area contributed by atoms with Crippen LogP contribution in [0.2, 0.25) is 0 Å². The highest BCUT2D eigenvalue weighted by Gasteiger charge is 2.36. The minimum atomic E-state index is -0.567. The molecule has 0 spiro atoms. The minimum Gasteiger partial charge on any atom is -0.381 e. The summed E-state index contributed by atoms with van der Waals surface area (Å²) in [7, 11) is 0. The largest absolute Gasteiger partial charge is 0.381 e. The van der Waals surface area contributed by atoms with Crippen LogP contribution in [0.3, 0.4) is 0 Å². The Balaban J connectivity index is 1.78. The van der Waals surface area contributed by atoms with Crippen molar-refractivity contribution in [3.63, 3.8) is 0 Å². The molecule has 0 unspecified atom stereocenters. The van der Waals surface area contributed by atoms with Gasteiger partial charge in [-0.1, -0.05) is 11.8 Å². The molecule has 1 aliphatic heterocycles. The molecule has 3 rings (SSSR count). The van der Waals surface area contributed by atoms with Gasteiger partial charge in [0.2, 0.25) is 0 Å². The number of nitrogens with two attached hydrogens (primary N) is 1. The molecule has 1 aliphatic rings. The summed E-state index contributed by atoms with van der Waals surface area (Å²) in [5.74, 6) is -0.117. The van der Waals surface area contributed by atoms with E-state index in [1.807, 2.05) is 32.0 Å². The quantitative estimate of drug-likeness (QED) is 0.699. The van der Waals surface area contributed by atoms with E-state index in [4.69, 9.17) is 15.7 Å². The third-order valence-corrected chi connectivity index (χ3v) is 5.67. The van der Waals surface area contributed by atoms with Crippen molar-refractivity contribution in [2.24, 2.45) is 10.7 Å². The van der Waals surface area contributed by atoms with Gasteiger partial charge >= 0.3 is 0 Å². The van der Waals surface area contributed by atoms with Gasteiger partial charge in [-0.15, -0.1) is 0 Å². The maximum Gasteiger partial charge on any atom is 0.185 e. The molecule has 0 saturated heterocycles. The van der Waals surface area contributed by atoms with Gasteiger partial charge in [0.05, 0.1) is 17.9 Å². The Kier molecular flexibility index (Phi) is 6.62. The fourth-order valence-corrected chi connectivity index (χ4v) is 4.42. The smallest absolute Gasteiger partial charge is 0.185 e. The number of ether oxygens (including phenoxy) is 1. The molecule has 2 aromatic heterocycles. The maximum atomic E-state index is 12.6. The van der Waals surface area contributed by atoms with E-state index in [1.54, 1.807) is 18.3 Å². The minimum absolute atomic E-state index is 0.117. The van der Waals surface area contributed by atoms with E-state index in [9.17, 15) is 4.79 Å². The Morgan fingerprint density at radius 1 is 1.41 bits per heavy atom. The molecule has 7 nitrogen and oxygen atoms in total. The van der Waals surface area contributed by atoms with Crippen molar-refractivity contribution in [2.45, 2.75) is 37.5 Å². The number of carbonyl (C=O) groups excluding carboxylic acids is 1. The number of thioether (sulfide) groups is 1. The lowest BCUT2D eigenvalue weighted by molar-refractivity contribution is 0.0988. The summed E-state index contributed by atoms with van der Waals surface area (Å²) in [6.07, 6.45) is 4.04. The van der Waals surface area contributed by atoms with Crippen LogP contribution in [0.25, 0.3) is 0 Å². The number of carbonyl (C=O) groups is 1. The van der Waals surface area contributed by atoms with Crippen LogP contribution in [0.15, 0.2) is 41.7 Å². The van der Waals surface area contributed by atoms with Crippen molar-refractivity contribution in [3.8, 4) is 6.07 Å². The van der Waals surface area contributed by atoms with E-state index in [-0.39, 0.29) is 17.5 Å². The Morgan fingerprint density at radius 2 is 2.24 bits per heavy atom. The first-order chi connectivity index (χ1) is 13.9. The number of aromatic nitrogens is 2. The summed E-state index contributed by atoms with van der Waals surface area (Å²) in [6.45, 7) is 5.24. The van der Waals surface area contributed by atoms with Crippen molar-refractivity contribution in [1.29, 1.82) is 5.26 Å². The molecule has 2 N–H and O–H groups in total. The van der Waals surface area contributed by atoms with Crippen molar-refractivity contribution in [2.75, 3.05) is 13.2 Å². The predicted octanol–water partition coefficient (Wildman–Crippen LogP) is 2.85. The fraction of sp³-hybridized carbons (Fsp3) is 0.381. The zero-order valence-corrected chi connectivity index (χ0v) is 17.3. The van der Waals surface area contributed by atoms with E-state index in [0.29, 0.717) is 29.6 Å². The third-order valence-electron chi connectivity index (χ3n) is 4.70. The average molecular weight is 410 g/mol. The van der Waals surface area contributed by atoms with E-state index in [0.717, 1.165) is 17.7 Å². The fourth-order valence-electron chi connectivity index (χ4n) is 3.25. The summed E-state index contributed by atoms with van der Waals surface area (Å²) in [6, 6.07) is 8.89. The first kappa shape index (κ1) is 21.0. The molecular weight excluding hydrogens is 386 g/mol. The summed E-state index contributed by atoms with van der Waals surface area (Å²) in [4.78, 5) is 25.8. The number of amidine groups is 1. The molecule has 2 aromatic rings. The van der Waals surface area contributed by atoms with Crippen LogP contribution >= 0.6 is 11.8 Å². The van der Waals surface area contributed by atoms with Crippen LogP contribution < -0.4 is 5.73 Å². The molecule has 0 aromatic carbocycles. The lowest BCUT2D eigenvalue weighted by Crippen LogP contribution is -2.36. The average Bonchev–Trinajstić information content (AvgIpc) is 2.72. The molecule has 150 valence electrons. The number of ketones is 1. The summed E-state index contributed by atoms with van der Waals surface area (Å²) < 4.78 is 5.57. The number of Topliss-reactive ketones (excluding diaryl/α,β-unsaturated/α-hetero) is 1. The highest BCUT2D eigenvalue weighted by molar-refractivity contribution is 8.14. The van der Waals surface area contributed by atoms with Gasteiger partial charge in [0.15, 0.2) is 11.0 Å². The molecule has 8 heteroatoms. The van der Waals surface area contributed by atoms with E-state index >= 15 is 0 Å². The van der Waals surface area contributed by atoms with Crippen LogP contribution in [0, 0.1) is 11.3 Å². The molecule has 0 radical (unpaired) electrons. The number of hydrogen-bond acceptors (Lipinski definition) is 8. The predicted molar refractivity (Wildman–Crippen MR) is 113 cm³/mol. The van der Waals surface area contributed by atoms with E-state index < -0.39 is 5.54 Å². The normalized spacial score (nSPS) is 21.3. The van der Waals surface area contributed by atoms with Gasteiger partial charge in [-0.25, -0.2) is 4.99 Å². The molecule has 0 amide bonds. The SMILES string of the molecule is CCOC[C@@H]1C[C@@](C)(c2cc(CC(=O)c3ccc(C#N)cn3)ccn2)N=C(N)S1. The number of nitriles is 1. The Labute approximate surface area is 174 Å². The van der Waals surface area contributed by atoms with Gasteiger partial charge < -0.3 is 10.5 Å². The van der Waals surface area contributed by atoms with Crippen LogP contribution in [0.4, 0.5) is 0 Å². The highest BCUT2D eigenvalue weighted by atomic mass is 32.2. The lowest BCUT2D eigenvalue weighted by Gasteiger charge is -2.33. The molecule has 0 fully saturated rings. The van der Waals surface area contributed by atoms with Gasteiger partial charge in [0, 0.05) is 30.7 Å². The van der Waals surface area contributed by atoms with Crippen molar-refractivity contribution >= 4 is 22.7 Å². The number of rotatable bonds is 7. The van der Waals surface area contributed by atoms with Gasteiger partial charge in [-0.2, -0.15) is 5.26 Å². The number of hydrogen-bond donors (Lipinski definition) is 1. The Morgan fingerprint density at radius 3 is 2.93 bits per heavy atom. The number of pyridine rings is 2. The first-order valence-electron chi connectivity index (χ1n) is 9.38. The zero-order chi connectivity index (χ0) is 20.9. The second-order valence-corrected chi connectivity index (χ2v) is 8.34. The summed E-state index contributed by atoms with van der Waals surface area (Å²) >= 11 is 1.53. The van der Waals surface area contributed by atoms with Crippen molar-refractivity contribution < 1.29 is 9.53 Å². The standard InChI is InChI=1S/C21H23N5O2S/c1-3-28-13-16-10-21(2,26-20(23)29-16)19-9-14(6-7-24-19)8-18(27)17-5-4-15(11-22)12-25-17/h4-7,9,12,16H,3,8,10,13H2,1-2H3,(H2,23,26)/t16-,21-/m0/s1. The molecule has 3 heterocycles. The van der Waals surface area contributed by atoms with Crippen molar-refractivity contribution in [1.82, 2.24) is 9.97 Å². The zero-order valence-electron chi connectivity index (χ0n) is 16.5. The van der Waals surface area contributed by atoms with Crippen molar-refractivity contribution in [3.05, 3.63) is 59.2 Å². The monoisotopic (exact) mass is 409 g/mol. The molecule has 0 bridgehead atoms. The first-order valence-corrected chi connectivity index (χ1v) is 10.3. The van der Waals surface area contributed by atoms with Crippen LogP contribution in [0.1, 0.15) is 47.6 Å². The van der Waals surface area contributed by atoms with Gasteiger partial charge in [0.1, 0.15) is 17.3 Å². The third kappa shape index (κ3) is 5.19. The topological polar surface area (TPSA) is 114 Å². The lowest BCUT2D eigenvalue weighted by atomic mass is 9.90. The van der Waals surface area contributed by atoms with Crippen LogP contribution in [-0.2, 0) is 16.7 Å².